The average molecular weight is 482 g/mol. The molecule has 0 unspecified atom stereocenters. The number of carbonyl (C=O) groups excluding carboxylic acids is 1. The molecule has 4 rings (SSSR count). The molecule has 1 aliphatic rings. The Balaban J connectivity index is 1.84. The van der Waals surface area contributed by atoms with E-state index in [9.17, 15) is 18.3 Å². The molecule has 5 nitrogen and oxygen atoms in total. The van der Waals surface area contributed by atoms with Crippen LogP contribution in [0, 0.1) is 6.92 Å². The highest BCUT2D eigenvalue weighted by Crippen LogP contribution is 2.43. The van der Waals surface area contributed by atoms with E-state index < -0.39 is 27.5 Å². The molecule has 0 saturated heterocycles. The van der Waals surface area contributed by atoms with Crippen molar-refractivity contribution >= 4 is 27.3 Å². The predicted octanol–water partition coefficient (Wildman–Crippen LogP) is 5.54. The van der Waals surface area contributed by atoms with E-state index in [0.717, 1.165) is 23.1 Å². The Morgan fingerprint density at radius 2 is 1.48 bits per heavy atom. The van der Waals surface area contributed by atoms with Gasteiger partial charge in [-0.1, -0.05) is 72.6 Å². The quantitative estimate of drug-likeness (QED) is 0.501. The molecule has 0 aromatic heterocycles. The number of hydrogen-bond acceptors (Lipinski definition) is 4. The molecule has 3 aromatic rings. The normalized spacial score (nSPS) is 16.5. The van der Waals surface area contributed by atoms with E-state index in [4.69, 9.17) is 11.6 Å². The second-order valence-electron chi connectivity index (χ2n) is 8.09. The highest BCUT2D eigenvalue weighted by atomic mass is 35.5. The average Bonchev–Trinajstić information content (AvgIpc) is 3.06. The van der Waals surface area contributed by atoms with E-state index >= 15 is 0 Å². The summed E-state index contributed by atoms with van der Waals surface area (Å²) in [6.07, 6.45) is 0.827. The summed E-state index contributed by atoms with van der Waals surface area (Å²) in [5, 5.41) is 11.4. The number of aliphatic hydroxyl groups excluding tert-OH is 1. The Morgan fingerprint density at radius 3 is 2.06 bits per heavy atom. The van der Waals surface area contributed by atoms with Gasteiger partial charge >= 0.3 is 0 Å². The van der Waals surface area contributed by atoms with E-state index in [1.807, 2.05) is 38.1 Å². The Labute approximate surface area is 198 Å². The number of aliphatic hydroxyl groups is 1. The first-order valence-electron chi connectivity index (χ1n) is 10.6. The van der Waals surface area contributed by atoms with Crippen LogP contribution >= 0.6 is 11.6 Å². The fraction of sp³-hybridized carbons (Fsp3) is 0.192. The van der Waals surface area contributed by atoms with Crippen molar-refractivity contribution in [1.82, 2.24) is 4.90 Å². The van der Waals surface area contributed by atoms with Crippen LogP contribution in [0.5, 0.6) is 0 Å². The molecule has 33 heavy (non-hydrogen) atoms. The summed E-state index contributed by atoms with van der Waals surface area (Å²) in [7, 11) is -4.14. The minimum atomic E-state index is -4.14. The highest BCUT2D eigenvalue weighted by molar-refractivity contribution is 7.95. The maximum absolute atomic E-state index is 13.6. The number of hydrogen-bond donors (Lipinski definition) is 1. The zero-order chi connectivity index (χ0) is 23.8. The smallest absolute Gasteiger partial charge is 0.290 e. The molecule has 0 fully saturated rings. The van der Waals surface area contributed by atoms with E-state index in [1.165, 1.54) is 17.0 Å². The summed E-state index contributed by atoms with van der Waals surface area (Å²) in [5.74, 6) is -1.46. The SMILES string of the molecule is CCc1ccc([C@H]2C(S(=O)(=O)c3ccc(C)cc3)=C(O)C(=O)N2Cc2ccc(Cl)cc2)cc1. The molecule has 0 saturated carbocycles. The second-order valence-corrected chi connectivity index (χ2v) is 10.4. The monoisotopic (exact) mass is 481 g/mol. The van der Waals surface area contributed by atoms with Crippen molar-refractivity contribution in [3.8, 4) is 0 Å². The summed E-state index contributed by atoms with van der Waals surface area (Å²) in [5.41, 5.74) is 3.38. The zero-order valence-corrected chi connectivity index (χ0v) is 19.9. The van der Waals surface area contributed by atoms with Gasteiger partial charge in [0.2, 0.25) is 9.84 Å². The fourth-order valence-corrected chi connectivity index (χ4v) is 5.74. The van der Waals surface area contributed by atoms with Gasteiger partial charge in [-0.05, 0) is 54.3 Å². The van der Waals surface area contributed by atoms with Crippen molar-refractivity contribution in [3.63, 3.8) is 0 Å². The molecule has 1 heterocycles. The van der Waals surface area contributed by atoms with Crippen LogP contribution in [0.1, 0.15) is 35.2 Å². The van der Waals surface area contributed by atoms with Crippen LogP contribution in [0.2, 0.25) is 5.02 Å². The maximum Gasteiger partial charge on any atom is 0.290 e. The third kappa shape index (κ3) is 4.41. The van der Waals surface area contributed by atoms with E-state index in [2.05, 4.69) is 0 Å². The molecule has 170 valence electrons. The summed E-state index contributed by atoms with van der Waals surface area (Å²) in [6, 6.07) is 19.8. The van der Waals surface area contributed by atoms with Crippen molar-refractivity contribution in [2.24, 2.45) is 0 Å². The highest BCUT2D eigenvalue weighted by Gasteiger charge is 2.46. The standard InChI is InChI=1S/C26H24ClNO4S/c1-3-18-6-10-20(11-7-18)23-25(33(31,32)22-14-4-17(2)5-15-22)24(29)26(30)28(23)16-19-8-12-21(27)13-9-19/h4-15,23,29H,3,16H2,1-2H3/t23-/m0/s1. The van der Waals surface area contributed by atoms with Gasteiger partial charge in [0.1, 0.15) is 4.91 Å². The van der Waals surface area contributed by atoms with Gasteiger partial charge in [0.25, 0.3) is 5.91 Å². The van der Waals surface area contributed by atoms with Crippen molar-refractivity contribution in [3.05, 3.63) is 111 Å². The zero-order valence-electron chi connectivity index (χ0n) is 18.3. The number of sulfone groups is 1. The van der Waals surface area contributed by atoms with Crippen molar-refractivity contribution in [2.75, 3.05) is 0 Å². The maximum atomic E-state index is 13.6. The Kier molecular flexibility index (Phi) is 6.32. The van der Waals surface area contributed by atoms with Crippen LogP contribution in [-0.4, -0.2) is 24.3 Å². The van der Waals surface area contributed by atoms with Gasteiger partial charge in [-0.15, -0.1) is 0 Å². The summed E-state index contributed by atoms with van der Waals surface area (Å²) in [4.78, 5) is 14.3. The Hall–Kier alpha value is -3.09. The first-order chi connectivity index (χ1) is 15.7. The van der Waals surface area contributed by atoms with Gasteiger partial charge < -0.3 is 10.0 Å². The van der Waals surface area contributed by atoms with E-state index in [1.54, 1.807) is 36.4 Å². The van der Waals surface area contributed by atoms with Gasteiger partial charge in [0, 0.05) is 11.6 Å². The van der Waals surface area contributed by atoms with Crippen LogP contribution in [0.25, 0.3) is 0 Å². The van der Waals surface area contributed by atoms with Crippen molar-refractivity contribution in [2.45, 2.75) is 37.8 Å². The molecule has 1 aliphatic heterocycles. The lowest BCUT2D eigenvalue weighted by molar-refractivity contribution is -0.130. The number of aryl methyl sites for hydroxylation is 2. The molecular formula is C26H24ClNO4S. The lowest BCUT2D eigenvalue weighted by atomic mass is 10.0. The topological polar surface area (TPSA) is 74.7 Å². The molecule has 1 atom stereocenters. The lowest BCUT2D eigenvalue weighted by Gasteiger charge is -2.27. The summed E-state index contributed by atoms with van der Waals surface area (Å²) < 4.78 is 27.3. The van der Waals surface area contributed by atoms with E-state index in [-0.39, 0.29) is 16.3 Å². The molecule has 1 N–H and O–H groups in total. The molecule has 0 spiro atoms. The Morgan fingerprint density at radius 1 is 0.909 bits per heavy atom. The molecule has 3 aromatic carbocycles. The van der Waals surface area contributed by atoms with Gasteiger partial charge in [0.05, 0.1) is 10.9 Å². The van der Waals surface area contributed by atoms with Crippen LogP contribution in [0.3, 0.4) is 0 Å². The molecule has 0 radical (unpaired) electrons. The van der Waals surface area contributed by atoms with Crippen LogP contribution in [0.4, 0.5) is 0 Å². The molecule has 7 heteroatoms. The van der Waals surface area contributed by atoms with Crippen molar-refractivity contribution < 1.29 is 18.3 Å². The molecule has 1 amide bonds. The molecular weight excluding hydrogens is 458 g/mol. The van der Waals surface area contributed by atoms with Crippen molar-refractivity contribution in [1.29, 1.82) is 0 Å². The first-order valence-corrected chi connectivity index (χ1v) is 12.5. The van der Waals surface area contributed by atoms with Crippen LogP contribution in [-0.2, 0) is 27.6 Å². The summed E-state index contributed by atoms with van der Waals surface area (Å²) >= 11 is 5.99. The Bertz CT molecular complexity index is 1310. The number of halogens is 1. The first kappa shape index (κ1) is 23.1. The van der Waals surface area contributed by atoms with Crippen LogP contribution < -0.4 is 0 Å². The third-order valence-electron chi connectivity index (χ3n) is 5.85. The minimum Gasteiger partial charge on any atom is -0.502 e. The number of benzene rings is 3. The minimum absolute atomic E-state index is 0.0333. The van der Waals surface area contributed by atoms with Gasteiger partial charge in [-0.25, -0.2) is 8.42 Å². The van der Waals surface area contributed by atoms with Gasteiger partial charge in [-0.2, -0.15) is 0 Å². The number of amides is 1. The molecule has 0 bridgehead atoms. The second kappa shape index (κ2) is 9.04. The van der Waals surface area contributed by atoms with E-state index in [0.29, 0.717) is 10.6 Å². The number of nitrogens with zero attached hydrogens (tertiary/aromatic N) is 1. The summed E-state index contributed by atoms with van der Waals surface area (Å²) in [6.45, 7) is 4.01. The number of rotatable bonds is 6. The third-order valence-corrected chi connectivity index (χ3v) is 7.99. The van der Waals surface area contributed by atoms with Gasteiger partial charge in [0.15, 0.2) is 5.76 Å². The van der Waals surface area contributed by atoms with Crippen LogP contribution in [0.15, 0.2) is 88.4 Å². The predicted molar refractivity (Wildman–Crippen MR) is 129 cm³/mol. The number of carbonyl (C=O) groups is 1. The largest absolute Gasteiger partial charge is 0.502 e. The lowest BCUT2D eigenvalue weighted by Crippen LogP contribution is -2.30. The molecule has 0 aliphatic carbocycles. The fourth-order valence-electron chi connectivity index (χ4n) is 3.96. The van der Waals surface area contributed by atoms with Gasteiger partial charge in [-0.3, -0.25) is 4.79 Å².